The third-order valence-corrected chi connectivity index (χ3v) is 2.19. The molecule has 2 rings (SSSR count). The Balaban J connectivity index is 1.62. The van der Waals surface area contributed by atoms with E-state index in [0.717, 1.165) is 31.4 Å². The number of nitrogens with zero attached hydrogens (tertiary/aromatic N) is 3. The summed E-state index contributed by atoms with van der Waals surface area (Å²) < 4.78 is 0. The molecule has 1 aromatic rings. The molecule has 6 heteroatoms. The molecule has 0 aliphatic carbocycles. The SMILES string of the molecule is CC1CN=C(NCCNc2cnccn2)N1. The van der Waals surface area contributed by atoms with Crippen LogP contribution in [0.3, 0.4) is 0 Å². The van der Waals surface area contributed by atoms with Gasteiger partial charge in [0.15, 0.2) is 5.96 Å². The van der Waals surface area contributed by atoms with Gasteiger partial charge in [-0.1, -0.05) is 0 Å². The Kier molecular flexibility index (Phi) is 3.53. The number of anilines is 1. The van der Waals surface area contributed by atoms with E-state index in [1.807, 2.05) is 0 Å². The third kappa shape index (κ3) is 3.08. The minimum Gasteiger partial charge on any atom is -0.367 e. The molecular formula is C10H16N6. The van der Waals surface area contributed by atoms with Gasteiger partial charge in [0.05, 0.1) is 12.7 Å². The molecule has 0 radical (unpaired) electrons. The van der Waals surface area contributed by atoms with E-state index < -0.39 is 0 Å². The maximum Gasteiger partial charge on any atom is 0.191 e. The van der Waals surface area contributed by atoms with Crippen LogP contribution in [-0.4, -0.2) is 41.6 Å². The summed E-state index contributed by atoms with van der Waals surface area (Å²) in [6.07, 6.45) is 5.02. The van der Waals surface area contributed by atoms with Crippen LogP contribution in [0.15, 0.2) is 23.6 Å². The van der Waals surface area contributed by atoms with E-state index in [2.05, 4.69) is 37.8 Å². The van der Waals surface area contributed by atoms with Gasteiger partial charge in [-0.05, 0) is 6.92 Å². The largest absolute Gasteiger partial charge is 0.367 e. The normalized spacial score (nSPS) is 18.8. The summed E-state index contributed by atoms with van der Waals surface area (Å²) in [6.45, 7) is 4.54. The fourth-order valence-corrected chi connectivity index (χ4v) is 1.42. The minimum atomic E-state index is 0.440. The van der Waals surface area contributed by atoms with Crippen LogP contribution < -0.4 is 16.0 Å². The van der Waals surface area contributed by atoms with E-state index in [4.69, 9.17) is 0 Å². The lowest BCUT2D eigenvalue weighted by molar-refractivity contribution is 0.714. The van der Waals surface area contributed by atoms with Gasteiger partial charge in [-0.3, -0.25) is 9.98 Å². The summed E-state index contributed by atoms with van der Waals surface area (Å²) >= 11 is 0. The van der Waals surface area contributed by atoms with E-state index in [1.165, 1.54) is 0 Å². The van der Waals surface area contributed by atoms with Crippen LogP contribution in [0.2, 0.25) is 0 Å². The van der Waals surface area contributed by atoms with Gasteiger partial charge >= 0.3 is 0 Å². The first-order valence-corrected chi connectivity index (χ1v) is 5.39. The van der Waals surface area contributed by atoms with Crippen LogP contribution >= 0.6 is 0 Å². The van der Waals surface area contributed by atoms with Crippen molar-refractivity contribution in [2.45, 2.75) is 13.0 Å². The van der Waals surface area contributed by atoms with Crippen molar-refractivity contribution in [1.29, 1.82) is 0 Å². The van der Waals surface area contributed by atoms with E-state index >= 15 is 0 Å². The van der Waals surface area contributed by atoms with Crippen molar-refractivity contribution in [3.8, 4) is 0 Å². The van der Waals surface area contributed by atoms with E-state index in [1.54, 1.807) is 18.6 Å². The van der Waals surface area contributed by atoms with Crippen molar-refractivity contribution in [1.82, 2.24) is 20.6 Å². The van der Waals surface area contributed by atoms with Crippen molar-refractivity contribution in [2.24, 2.45) is 4.99 Å². The van der Waals surface area contributed by atoms with Gasteiger partial charge in [0, 0.05) is 31.5 Å². The van der Waals surface area contributed by atoms with Crippen molar-refractivity contribution in [3.05, 3.63) is 18.6 Å². The van der Waals surface area contributed by atoms with Crippen LogP contribution in [0.5, 0.6) is 0 Å². The molecule has 1 unspecified atom stereocenters. The summed E-state index contributed by atoms with van der Waals surface area (Å²) in [4.78, 5) is 12.4. The maximum atomic E-state index is 4.30. The lowest BCUT2D eigenvalue weighted by Crippen LogP contribution is -2.39. The molecular weight excluding hydrogens is 204 g/mol. The second-order valence-electron chi connectivity index (χ2n) is 3.68. The van der Waals surface area contributed by atoms with Crippen molar-refractivity contribution < 1.29 is 0 Å². The van der Waals surface area contributed by atoms with Crippen molar-refractivity contribution in [2.75, 3.05) is 25.0 Å². The van der Waals surface area contributed by atoms with E-state index in [9.17, 15) is 0 Å². The smallest absolute Gasteiger partial charge is 0.191 e. The average Bonchev–Trinajstić information content (AvgIpc) is 2.72. The highest BCUT2D eigenvalue weighted by molar-refractivity contribution is 5.81. The molecule has 1 atom stereocenters. The summed E-state index contributed by atoms with van der Waals surface area (Å²) in [7, 11) is 0. The molecule has 0 saturated carbocycles. The van der Waals surface area contributed by atoms with Gasteiger partial charge < -0.3 is 16.0 Å². The number of rotatable bonds is 4. The number of hydrogen-bond acceptors (Lipinski definition) is 6. The zero-order chi connectivity index (χ0) is 11.2. The molecule has 0 spiro atoms. The Morgan fingerprint density at radius 1 is 1.38 bits per heavy atom. The quantitative estimate of drug-likeness (QED) is 0.614. The van der Waals surface area contributed by atoms with Gasteiger partial charge in [-0.15, -0.1) is 0 Å². The summed E-state index contributed by atoms with van der Waals surface area (Å²) in [5.41, 5.74) is 0. The first-order chi connectivity index (χ1) is 7.84. The van der Waals surface area contributed by atoms with E-state index in [0.29, 0.717) is 6.04 Å². The first kappa shape index (κ1) is 10.7. The van der Waals surface area contributed by atoms with Crippen molar-refractivity contribution in [3.63, 3.8) is 0 Å². The number of nitrogens with one attached hydrogen (secondary N) is 3. The molecule has 3 N–H and O–H groups in total. The molecule has 0 fully saturated rings. The topological polar surface area (TPSA) is 74.2 Å². The fraction of sp³-hybridized carbons (Fsp3) is 0.500. The van der Waals surface area contributed by atoms with Crippen LogP contribution in [0, 0.1) is 0 Å². The number of aromatic nitrogens is 2. The van der Waals surface area contributed by atoms with Crippen LogP contribution in [-0.2, 0) is 0 Å². The second kappa shape index (κ2) is 5.29. The van der Waals surface area contributed by atoms with E-state index in [-0.39, 0.29) is 0 Å². The zero-order valence-electron chi connectivity index (χ0n) is 9.27. The molecule has 1 aliphatic rings. The number of hydrogen-bond donors (Lipinski definition) is 3. The molecule has 86 valence electrons. The Hall–Kier alpha value is -1.85. The Morgan fingerprint density at radius 3 is 2.94 bits per heavy atom. The molecule has 2 heterocycles. The Bertz CT molecular complexity index is 350. The average molecular weight is 220 g/mol. The molecule has 16 heavy (non-hydrogen) atoms. The van der Waals surface area contributed by atoms with Crippen LogP contribution in [0.1, 0.15) is 6.92 Å². The predicted molar refractivity (Wildman–Crippen MR) is 63.4 cm³/mol. The zero-order valence-corrected chi connectivity index (χ0v) is 9.27. The lowest BCUT2D eigenvalue weighted by Gasteiger charge is -2.09. The summed E-state index contributed by atoms with van der Waals surface area (Å²) in [5, 5.41) is 9.61. The molecule has 0 amide bonds. The van der Waals surface area contributed by atoms with Crippen LogP contribution in [0.4, 0.5) is 5.82 Å². The van der Waals surface area contributed by atoms with Gasteiger partial charge in [0.1, 0.15) is 5.82 Å². The maximum absolute atomic E-state index is 4.30. The van der Waals surface area contributed by atoms with Gasteiger partial charge in [-0.25, -0.2) is 4.98 Å². The number of guanidine groups is 1. The molecule has 0 saturated heterocycles. The molecule has 0 aromatic carbocycles. The standard InChI is InChI=1S/C10H16N6/c1-8-6-15-10(16-8)14-5-4-13-9-7-11-2-3-12-9/h2-3,7-8H,4-6H2,1H3,(H,12,13)(H2,14,15,16). The lowest BCUT2D eigenvalue weighted by atomic mass is 10.4. The molecule has 0 bridgehead atoms. The molecule has 1 aliphatic heterocycles. The highest BCUT2D eigenvalue weighted by atomic mass is 15.2. The molecule has 1 aromatic heterocycles. The van der Waals surface area contributed by atoms with Gasteiger partial charge in [-0.2, -0.15) is 0 Å². The highest BCUT2D eigenvalue weighted by Gasteiger charge is 2.10. The second-order valence-corrected chi connectivity index (χ2v) is 3.68. The number of aliphatic imine (C=N–C) groups is 1. The molecule has 6 nitrogen and oxygen atoms in total. The third-order valence-electron chi connectivity index (χ3n) is 2.19. The van der Waals surface area contributed by atoms with Gasteiger partial charge in [0.25, 0.3) is 0 Å². The predicted octanol–water partition coefficient (Wildman–Crippen LogP) is -0.174. The summed E-state index contributed by atoms with van der Waals surface area (Å²) in [6, 6.07) is 0.440. The van der Waals surface area contributed by atoms with Crippen LogP contribution in [0.25, 0.3) is 0 Å². The van der Waals surface area contributed by atoms with Crippen molar-refractivity contribution >= 4 is 11.8 Å². The Labute approximate surface area is 94.6 Å². The monoisotopic (exact) mass is 220 g/mol. The van der Waals surface area contributed by atoms with Gasteiger partial charge in [0.2, 0.25) is 0 Å². The summed E-state index contributed by atoms with van der Waals surface area (Å²) in [5.74, 6) is 1.67. The highest BCUT2D eigenvalue weighted by Crippen LogP contribution is 1.95. The first-order valence-electron chi connectivity index (χ1n) is 5.39. The Morgan fingerprint density at radius 2 is 2.25 bits per heavy atom. The fourth-order valence-electron chi connectivity index (χ4n) is 1.42. The minimum absolute atomic E-state index is 0.440.